The number of rotatable bonds is 4. The fraction of sp³-hybridized carbons (Fsp3) is 0.200. The van der Waals surface area contributed by atoms with Gasteiger partial charge in [0.25, 0.3) is 5.91 Å². The Hall–Kier alpha value is -2.74. The molecule has 5 nitrogen and oxygen atoms in total. The Balaban J connectivity index is 2.26. The zero-order chi connectivity index (χ0) is 14.5. The summed E-state index contributed by atoms with van der Waals surface area (Å²) in [5.74, 6) is -0.266. The third-order valence-electron chi connectivity index (χ3n) is 2.91. The molecule has 5 heteroatoms. The normalized spacial score (nSPS) is 10.0. The SMILES string of the molecule is CCCn1cc(N)cc1C(=O)Nc1ccccc1C#N. The molecular formula is C15H16N4O. The van der Waals surface area contributed by atoms with Crippen molar-refractivity contribution in [2.75, 3.05) is 11.1 Å². The smallest absolute Gasteiger partial charge is 0.272 e. The first kappa shape index (κ1) is 13.7. The number of carbonyl (C=O) groups is 1. The van der Waals surface area contributed by atoms with E-state index in [0.717, 1.165) is 13.0 Å². The molecule has 2 rings (SSSR count). The van der Waals surface area contributed by atoms with Crippen LogP contribution in [0.15, 0.2) is 36.5 Å². The summed E-state index contributed by atoms with van der Waals surface area (Å²) >= 11 is 0. The van der Waals surface area contributed by atoms with Crippen LogP contribution >= 0.6 is 0 Å². The lowest BCUT2D eigenvalue weighted by molar-refractivity contribution is 0.101. The van der Waals surface area contributed by atoms with Crippen LogP contribution in [0.5, 0.6) is 0 Å². The third kappa shape index (κ3) is 2.81. The van der Waals surface area contributed by atoms with E-state index in [9.17, 15) is 4.79 Å². The molecule has 0 aliphatic rings. The molecule has 3 N–H and O–H groups in total. The number of aromatic nitrogens is 1. The first-order chi connectivity index (χ1) is 9.65. The van der Waals surface area contributed by atoms with E-state index >= 15 is 0 Å². The molecule has 0 saturated carbocycles. The van der Waals surface area contributed by atoms with Gasteiger partial charge in [0.15, 0.2) is 0 Å². The molecule has 1 aromatic heterocycles. The molecule has 0 unspecified atom stereocenters. The Morgan fingerprint density at radius 2 is 2.20 bits per heavy atom. The number of aryl methyl sites for hydroxylation is 1. The van der Waals surface area contributed by atoms with Crippen LogP contribution in [-0.4, -0.2) is 10.5 Å². The van der Waals surface area contributed by atoms with Gasteiger partial charge in [-0.3, -0.25) is 4.79 Å². The maximum atomic E-state index is 12.3. The Bertz CT molecular complexity index is 667. The number of hydrogen-bond acceptors (Lipinski definition) is 3. The lowest BCUT2D eigenvalue weighted by Crippen LogP contribution is -2.17. The molecule has 1 aromatic carbocycles. The number of hydrogen-bond donors (Lipinski definition) is 2. The van der Waals surface area contributed by atoms with Gasteiger partial charge in [-0.15, -0.1) is 0 Å². The summed E-state index contributed by atoms with van der Waals surface area (Å²) in [5.41, 5.74) is 7.73. The van der Waals surface area contributed by atoms with Crippen molar-refractivity contribution in [3.05, 3.63) is 47.8 Å². The first-order valence-corrected chi connectivity index (χ1v) is 6.41. The van der Waals surface area contributed by atoms with Gasteiger partial charge >= 0.3 is 0 Å². The van der Waals surface area contributed by atoms with Gasteiger partial charge in [-0.1, -0.05) is 19.1 Å². The fourth-order valence-electron chi connectivity index (χ4n) is 2.03. The highest BCUT2D eigenvalue weighted by molar-refractivity contribution is 6.04. The van der Waals surface area contributed by atoms with Crippen molar-refractivity contribution in [1.82, 2.24) is 4.57 Å². The number of benzene rings is 1. The maximum Gasteiger partial charge on any atom is 0.272 e. The minimum absolute atomic E-state index is 0.266. The molecule has 0 saturated heterocycles. The van der Waals surface area contributed by atoms with Crippen molar-refractivity contribution >= 4 is 17.3 Å². The minimum Gasteiger partial charge on any atom is -0.397 e. The second kappa shape index (κ2) is 5.93. The number of amides is 1. The summed E-state index contributed by atoms with van der Waals surface area (Å²) in [4.78, 5) is 12.3. The van der Waals surface area contributed by atoms with E-state index in [4.69, 9.17) is 11.0 Å². The number of anilines is 2. The summed E-state index contributed by atoms with van der Waals surface area (Å²) < 4.78 is 1.82. The van der Waals surface area contributed by atoms with E-state index in [1.165, 1.54) is 0 Å². The molecule has 0 atom stereocenters. The van der Waals surface area contributed by atoms with Crippen LogP contribution in [0.1, 0.15) is 29.4 Å². The monoisotopic (exact) mass is 268 g/mol. The summed E-state index contributed by atoms with van der Waals surface area (Å²) in [6.07, 6.45) is 2.65. The predicted molar refractivity (Wildman–Crippen MR) is 78.2 cm³/mol. The lowest BCUT2D eigenvalue weighted by atomic mass is 10.2. The maximum absolute atomic E-state index is 12.3. The van der Waals surface area contributed by atoms with Crippen molar-refractivity contribution in [1.29, 1.82) is 5.26 Å². The number of nitrogens with two attached hydrogens (primary N) is 1. The second-order valence-electron chi connectivity index (χ2n) is 4.46. The van der Waals surface area contributed by atoms with Crippen molar-refractivity contribution in [2.45, 2.75) is 19.9 Å². The van der Waals surface area contributed by atoms with Gasteiger partial charge in [0, 0.05) is 12.7 Å². The first-order valence-electron chi connectivity index (χ1n) is 6.41. The van der Waals surface area contributed by atoms with Crippen LogP contribution in [0.25, 0.3) is 0 Å². The molecule has 2 aromatic rings. The average molecular weight is 268 g/mol. The minimum atomic E-state index is -0.266. The van der Waals surface area contributed by atoms with E-state index in [-0.39, 0.29) is 5.91 Å². The van der Waals surface area contributed by atoms with E-state index in [1.54, 1.807) is 36.5 Å². The van der Waals surface area contributed by atoms with Gasteiger partial charge in [0.1, 0.15) is 11.8 Å². The van der Waals surface area contributed by atoms with Crippen molar-refractivity contribution < 1.29 is 4.79 Å². The van der Waals surface area contributed by atoms with Gasteiger partial charge in [-0.05, 0) is 24.6 Å². The predicted octanol–water partition coefficient (Wildman–Crippen LogP) is 2.60. The van der Waals surface area contributed by atoms with Gasteiger partial charge < -0.3 is 15.6 Å². The van der Waals surface area contributed by atoms with Crippen LogP contribution in [0, 0.1) is 11.3 Å². The molecule has 1 amide bonds. The Kier molecular flexibility index (Phi) is 4.06. The van der Waals surface area contributed by atoms with Gasteiger partial charge in [-0.2, -0.15) is 5.26 Å². The summed E-state index contributed by atoms with van der Waals surface area (Å²) in [5, 5.41) is 11.8. The highest BCUT2D eigenvalue weighted by atomic mass is 16.1. The number of nitrogens with zero attached hydrogens (tertiary/aromatic N) is 2. The summed E-state index contributed by atoms with van der Waals surface area (Å²) in [6, 6.07) is 10.6. The Morgan fingerprint density at radius 1 is 1.45 bits per heavy atom. The summed E-state index contributed by atoms with van der Waals surface area (Å²) in [7, 11) is 0. The summed E-state index contributed by atoms with van der Waals surface area (Å²) in [6.45, 7) is 2.75. The fourth-order valence-corrected chi connectivity index (χ4v) is 2.03. The van der Waals surface area contributed by atoms with Crippen LogP contribution in [0.4, 0.5) is 11.4 Å². The van der Waals surface area contributed by atoms with Crippen LogP contribution < -0.4 is 11.1 Å². The van der Waals surface area contributed by atoms with Gasteiger partial charge in [-0.25, -0.2) is 0 Å². The molecule has 0 radical (unpaired) electrons. The molecule has 0 fully saturated rings. The molecule has 20 heavy (non-hydrogen) atoms. The number of nitriles is 1. The topological polar surface area (TPSA) is 83.8 Å². The Labute approximate surface area is 117 Å². The molecule has 0 bridgehead atoms. The van der Waals surface area contributed by atoms with E-state index in [0.29, 0.717) is 22.6 Å². The molecule has 1 heterocycles. The van der Waals surface area contributed by atoms with Crippen LogP contribution in [0.2, 0.25) is 0 Å². The second-order valence-corrected chi connectivity index (χ2v) is 4.46. The molecule has 0 aliphatic heterocycles. The highest BCUT2D eigenvalue weighted by Crippen LogP contribution is 2.17. The third-order valence-corrected chi connectivity index (χ3v) is 2.91. The molecular weight excluding hydrogens is 252 g/mol. The van der Waals surface area contributed by atoms with Gasteiger partial charge in [0.2, 0.25) is 0 Å². The number of carbonyl (C=O) groups excluding carboxylic acids is 1. The van der Waals surface area contributed by atoms with Gasteiger partial charge in [0.05, 0.1) is 16.9 Å². The van der Waals surface area contributed by atoms with E-state index < -0.39 is 0 Å². The quantitative estimate of drug-likeness (QED) is 0.893. The zero-order valence-electron chi connectivity index (χ0n) is 11.3. The lowest BCUT2D eigenvalue weighted by Gasteiger charge is -2.09. The number of para-hydroxylation sites is 1. The molecule has 0 spiro atoms. The van der Waals surface area contributed by atoms with E-state index in [1.807, 2.05) is 11.5 Å². The number of nitrogens with one attached hydrogen (secondary N) is 1. The van der Waals surface area contributed by atoms with Crippen molar-refractivity contribution in [2.24, 2.45) is 0 Å². The van der Waals surface area contributed by atoms with Crippen LogP contribution in [0.3, 0.4) is 0 Å². The largest absolute Gasteiger partial charge is 0.397 e. The standard InChI is InChI=1S/C15H16N4O/c1-2-7-19-10-12(17)8-14(19)15(20)18-13-6-4-3-5-11(13)9-16/h3-6,8,10H,2,7,17H2,1H3,(H,18,20). The molecule has 0 aliphatic carbocycles. The Morgan fingerprint density at radius 3 is 2.90 bits per heavy atom. The van der Waals surface area contributed by atoms with Crippen molar-refractivity contribution in [3.8, 4) is 6.07 Å². The highest BCUT2D eigenvalue weighted by Gasteiger charge is 2.14. The van der Waals surface area contributed by atoms with Crippen LogP contribution in [-0.2, 0) is 6.54 Å². The number of nitrogen functional groups attached to an aromatic ring is 1. The molecule has 102 valence electrons. The average Bonchev–Trinajstić information content (AvgIpc) is 2.81. The van der Waals surface area contributed by atoms with Crippen molar-refractivity contribution in [3.63, 3.8) is 0 Å². The zero-order valence-corrected chi connectivity index (χ0v) is 11.3. The van der Waals surface area contributed by atoms with E-state index in [2.05, 4.69) is 11.4 Å².